The molecule has 27 heavy (non-hydrogen) atoms. The maximum Gasteiger partial charge on any atom is 0.375 e. The van der Waals surface area contributed by atoms with Gasteiger partial charge in [0.2, 0.25) is 0 Å². The molecule has 1 aromatic heterocycles. The standard InChI is InChI=1S/C17H8Cl2F2N4O2/c18-7-4-5-10-13(14(7)19)15(12-8(20)2-1-3-9(12)21)22-6-11-23-16(17(26)27)24-25(10)11/h1-5H,6H2,(H,26,27). The lowest BCUT2D eigenvalue weighted by atomic mass is 9.99. The molecule has 0 fully saturated rings. The van der Waals surface area contributed by atoms with Gasteiger partial charge in [-0.15, -0.1) is 5.10 Å². The fourth-order valence-electron chi connectivity index (χ4n) is 2.83. The maximum atomic E-state index is 14.4. The molecule has 136 valence electrons. The number of fused-ring (bicyclic) bond motifs is 3. The number of aromatic carboxylic acids is 1. The summed E-state index contributed by atoms with van der Waals surface area (Å²) >= 11 is 12.4. The van der Waals surface area contributed by atoms with E-state index in [1.165, 1.54) is 22.9 Å². The van der Waals surface area contributed by atoms with Crippen LogP contribution in [0, 0.1) is 11.6 Å². The molecule has 6 nitrogen and oxygen atoms in total. The molecule has 1 N–H and O–H groups in total. The second-order valence-corrected chi connectivity index (χ2v) is 6.37. The summed E-state index contributed by atoms with van der Waals surface area (Å²) in [6, 6.07) is 6.41. The Morgan fingerprint density at radius 2 is 1.81 bits per heavy atom. The van der Waals surface area contributed by atoms with Crippen molar-refractivity contribution in [3.05, 3.63) is 74.8 Å². The number of rotatable bonds is 2. The molecule has 1 aliphatic rings. The van der Waals surface area contributed by atoms with E-state index in [4.69, 9.17) is 28.3 Å². The van der Waals surface area contributed by atoms with E-state index in [9.17, 15) is 13.6 Å². The van der Waals surface area contributed by atoms with Gasteiger partial charge in [0.05, 0.1) is 33.6 Å². The fraction of sp³-hybridized carbons (Fsp3) is 0.0588. The molecule has 0 amide bonds. The third-order valence-corrected chi connectivity index (χ3v) is 4.79. The van der Waals surface area contributed by atoms with E-state index in [0.29, 0.717) is 0 Å². The van der Waals surface area contributed by atoms with Gasteiger partial charge in [0.15, 0.2) is 5.82 Å². The molecule has 0 unspecified atom stereocenters. The Kier molecular flexibility index (Phi) is 4.16. The number of benzene rings is 2. The van der Waals surface area contributed by atoms with Gasteiger partial charge in [-0.05, 0) is 24.3 Å². The summed E-state index contributed by atoms with van der Waals surface area (Å²) in [5.74, 6) is -3.22. The SMILES string of the molecule is O=C(O)c1nc2n(n1)-c1ccc(Cl)c(Cl)c1C(c1c(F)cccc1F)=NC2. The Balaban J connectivity index is 2.06. The van der Waals surface area contributed by atoms with Gasteiger partial charge >= 0.3 is 5.97 Å². The zero-order valence-electron chi connectivity index (χ0n) is 13.3. The van der Waals surface area contributed by atoms with E-state index >= 15 is 0 Å². The van der Waals surface area contributed by atoms with Crippen LogP contribution in [-0.2, 0) is 6.54 Å². The molecule has 10 heteroatoms. The van der Waals surface area contributed by atoms with Crippen LogP contribution >= 0.6 is 23.2 Å². The molecule has 0 spiro atoms. The zero-order valence-corrected chi connectivity index (χ0v) is 14.8. The van der Waals surface area contributed by atoms with Gasteiger partial charge < -0.3 is 5.11 Å². The van der Waals surface area contributed by atoms with E-state index in [0.717, 1.165) is 12.1 Å². The number of aromatic nitrogens is 3. The minimum absolute atomic E-state index is 0.01000. The highest BCUT2D eigenvalue weighted by molar-refractivity contribution is 6.45. The lowest BCUT2D eigenvalue weighted by Gasteiger charge is -2.14. The third kappa shape index (κ3) is 2.77. The maximum absolute atomic E-state index is 14.4. The first kappa shape index (κ1) is 17.6. The van der Waals surface area contributed by atoms with Gasteiger partial charge in [0.1, 0.15) is 11.6 Å². The number of nitrogens with zero attached hydrogens (tertiary/aromatic N) is 4. The highest BCUT2D eigenvalue weighted by Gasteiger charge is 2.29. The second kappa shape index (κ2) is 6.40. The summed E-state index contributed by atoms with van der Waals surface area (Å²) in [4.78, 5) is 19.4. The first-order chi connectivity index (χ1) is 12.9. The second-order valence-electron chi connectivity index (χ2n) is 5.59. The fourth-order valence-corrected chi connectivity index (χ4v) is 3.24. The topological polar surface area (TPSA) is 80.4 Å². The molecular weight excluding hydrogens is 401 g/mol. The van der Waals surface area contributed by atoms with Crippen LogP contribution in [0.5, 0.6) is 0 Å². The van der Waals surface area contributed by atoms with Crippen molar-refractivity contribution in [3.63, 3.8) is 0 Å². The molecule has 0 saturated heterocycles. The highest BCUT2D eigenvalue weighted by Crippen LogP contribution is 2.35. The Bertz CT molecular complexity index is 1120. The molecule has 0 bridgehead atoms. The van der Waals surface area contributed by atoms with Crippen LogP contribution in [0.4, 0.5) is 8.78 Å². The van der Waals surface area contributed by atoms with Crippen molar-refractivity contribution in [2.45, 2.75) is 6.54 Å². The minimum Gasteiger partial charge on any atom is -0.475 e. The van der Waals surface area contributed by atoms with Crippen LogP contribution < -0.4 is 0 Å². The van der Waals surface area contributed by atoms with Gasteiger partial charge in [-0.3, -0.25) is 4.99 Å². The highest BCUT2D eigenvalue weighted by atomic mass is 35.5. The van der Waals surface area contributed by atoms with E-state index in [1.54, 1.807) is 0 Å². The van der Waals surface area contributed by atoms with Gasteiger partial charge in [-0.25, -0.2) is 23.2 Å². The number of hydrogen-bond acceptors (Lipinski definition) is 4. The largest absolute Gasteiger partial charge is 0.475 e. The third-order valence-electron chi connectivity index (χ3n) is 3.98. The summed E-state index contributed by atoms with van der Waals surface area (Å²) in [5, 5.41) is 13.2. The summed E-state index contributed by atoms with van der Waals surface area (Å²) < 4.78 is 30.0. The summed E-state index contributed by atoms with van der Waals surface area (Å²) in [6.45, 7) is -0.161. The average molecular weight is 409 g/mol. The van der Waals surface area contributed by atoms with Crippen LogP contribution in [0.15, 0.2) is 35.3 Å². The van der Waals surface area contributed by atoms with Gasteiger partial charge in [-0.1, -0.05) is 29.3 Å². The van der Waals surface area contributed by atoms with Crippen LogP contribution in [0.1, 0.15) is 27.6 Å². The minimum atomic E-state index is -1.32. The Labute approximate surface area is 160 Å². The van der Waals surface area contributed by atoms with Gasteiger partial charge in [0.25, 0.3) is 5.82 Å². The predicted octanol–water partition coefficient (Wildman–Crippen LogP) is 3.90. The molecule has 2 aromatic carbocycles. The smallest absolute Gasteiger partial charge is 0.375 e. The quantitative estimate of drug-likeness (QED) is 0.696. The average Bonchev–Trinajstić information content (AvgIpc) is 2.98. The van der Waals surface area contributed by atoms with Crippen LogP contribution in [0.2, 0.25) is 10.0 Å². The number of halogens is 4. The van der Waals surface area contributed by atoms with Crippen molar-refractivity contribution in [2.24, 2.45) is 4.99 Å². The van der Waals surface area contributed by atoms with E-state index in [2.05, 4.69) is 15.1 Å². The van der Waals surface area contributed by atoms with Crippen LogP contribution in [0.25, 0.3) is 5.69 Å². The van der Waals surface area contributed by atoms with E-state index < -0.39 is 23.4 Å². The lowest BCUT2D eigenvalue weighted by molar-refractivity contribution is 0.0683. The van der Waals surface area contributed by atoms with Gasteiger partial charge in [-0.2, -0.15) is 0 Å². The first-order valence-electron chi connectivity index (χ1n) is 7.55. The molecule has 1 aliphatic heterocycles. The van der Waals surface area contributed by atoms with Crippen molar-refractivity contribution in [2.75, 3.05) is 0 Å². The van der Waals surface area contributed by atoms with E-state index in [1.807, 2.05) is 0 Å². The Morgan fingerprint density at radius 1 is 1.11 bits per heavy atom. The lowest BCUT2D eigenvalue weighted by Crippen LogP contribution is -2.13. The first-order valence-corrected chi connectivity index (χ1v) is 8.31. The Morgan fingerprint density at radius 3 is 2.48 bits per heavy atom. The van der Waals surface area contributed by atoms with Crippen molar-refractivity contribution < 1.29 is 18.7 Å². The molecule has 3 aromatic rings. The monoisotopic (exact) mass is 408 g/mol. The molecule has 0 saturated carbocycles. The summed E-state index contributed by atoms with van der Waals surface area (Å²) in [5.41, 5.74) is -0.0311. The molecular formula is C17H8Cl2F2N4O2. The molecule has 2 heterocycles. The van der Waals surface area contributed by atoms with Gasteiger partial charge in [0, 0.05) is 5.56 Å². The Hall–Kier alpha value is -2.84. The molecule has 0 radical (unpaired) electrons. The van der Waals surface area contributed by atoms with Crippen LogP contribution in [0.3, 0.4) is 0 Å². The zero-order chi connectivity index (χ0) is 19.3. The molecule has 4 rings (SSSR count). The number of carboxylic acids is 1. The van der Waals surface area contributed by atoms with Crippen molar-refractivity contribution in [3.8, 4) is 5.69 Å². The normalized spacial score (nSPS) is 12.8. The summed E-state index contributed by atoms with van der Waals surface area (Å²) in [7, 11) is 0. The van der Waals surface area contributed by atoms with Crippen LogP contribution in [-0.4, -0.2) is 31.6 Å². The number of carboxylic acid groups (broad SMARTS) is 1. The molecule has 0 aliphatic carbocycles. The number of hydrogen-bond donors (Lipinski definition) is 1. The van der Waals surface area contributed by atoms with Crippen molar-refractivity contribution in [1.29, 1.82) is 0 Å². The van der Waals surface area contributed by atoms with Crippen molar-refractivity contribution in [1.82, 2.24) is 14.8 Å². The van der Waals surface area contributed by atoms with Crippen molar-refractivity contribution >= 4 is 34.9 Å². The van der Waals surface area contributed by atoms with E-state index in [-0.39, 0.29) is 44.9 Å². The number of carbonyl (C=O) groups is 1. The predicted molar refractivity (Wildman–Crippen MR) is 94.0 cm³/mol. The number of aliphatic imine (C=N–C) groups is 1. The summed E-state index contributed by atoms with van der Waals surface area (Å²) in [6.07, 6.45) is 0. The molecule has 0 atom stereocenters.